The first kappa shape index (κ1) is 17.3. The van der Waals surface area contributed by atoms with Crippen LogP contribution in [0.5, 0.6) is 5.75 Å². The Labute approximate surface area is 154 Å². The first-order valence-electron chi connectivity index (χ1n) is 7.37. The van der Waals surface area contributed by atoms with Crippen LogP contribution in [0.25, 0.3) is 10.9 Å². The number of amides is 1. The van der Waals surface area contributed by atoms with Crippen LogP contribution in [0.4, 0.5) is 5.69 Å². The van der Waals surface area contributed by atoms with Gasteiger partial charge in [-0.05, 0) is 30.3 Å². The molecule has 1 heterocycles. The number of aromatic nitrogens is 1. The topological polar surface area (TPSA) is 60.3 Å². The maximum absolute atomic E-state index is 12.8. The average Bonchev–Trinajstić information content (AvgIpc) is 2.94. The van der Waals surface area contributed by atoms with Gasteiger partial charge in [0.05, 0.1) is 23.9 Å². The zero-order valence-electron chi connectivity index (χ0n) is 13.5. The highest BCUT2D eigenvalue weighted by Crippen LogP contribution is 2.30. The third-order valence-corrected chi connectivity index (χ3v) is 4.23. The summed E-state index contributed by atoms with van der Waals surface area (Å²) in [5.74, 6) is -0.115. The highest BCUT2D eigenvalue weighted by atomic mass is 35.5. The summed E-state index contributed by atoms with van der Waals surface area (Å²) in [5, 5.41) is 4.34. The number of anilines is 1. The number of benzene rings is 2. The molecule has 2 aromatic carbocycles. The van der Waals surface area contributed by atoms with Crippen molar-refractivity contribution in [3.05, 3.63) is 58.2 Å². The Kier molecular flexibility index (Phi) is 4.70. The Morgan fingerprint density at radius 3 is 2.44 bits per heavy atom. The molecule has 7 heteroatoms. The van der Waals surface area contributed by atoms with Gasteiger partial charge in [-0.3, -0.25) is 14.2 Å². The van der Waals surface area contributed by atoms with E-state index in [-0.39, 0.29) is 11.8 Å². The van der Waals surface area contributed by atoms with Crippen molar-refractivity contribution >= 4 is 51.6 Å². The minimum atomic E-state index is -0.382. The van der Waals surface area contributed by atoms with Crippen LogP contribution in [0, 0.1) is 0 Å². The third kappa shape index (κ3) is 3.34. The quantitative estimate of drug-likeness (QED) is 0.709. The Morgan fingerprint density at radius 1 is 1.08 bits per heavy atom. The molecule has 1 amide bonds. The molecule has 0 aliphatic heterocycles. The third-order valence-electron chi connectivity index (χ3n) is 3.76. The second-order valence-electron chi connectivity index (χ2n) is 5.39. The first-order chi connectivity index (χ1) is 11.9. The predicted octanol–water partition coefficient (Wildman–Crippen LogP) is 4.87. The van der Waals surface area contributed by atoms with Crippen molar-refractivity contribution in [3.63, 3.8) is 0 Å². The summed E-state index contributed by atoms with van der Waals surface area (Å²) in [6.45, 7) is 1.42. The number of halogens is 2. The molecule has 0 bridgehead atoms. The second-order valence-corrected chi connectivity index (χ2v) is 6.26. The van der Waals surface area contributed by atoms with Crippen LogP contribution in [-0.4, -0.2) is 23.5 Å². The standard InChI is InChI=1S/C18H14Cl2N2O3/c1-10(23)22-9-14(13-5-3-12(20)8-16(13)22)18(24)21-15-7-11(19)4-6-17(15)25-2/h3-9H,1-2H3,(H,21,24). The molecule has 0 fully saturated rings. The number of hydrogen-bond acceptors (Lipinski definition) is 3. The van der Waals surface area contributed by atoms with E-state index in [1.54, 1.807) is 36.4 Å². The fourth-order valence-electron chi connectivity index (χ4n) is 2.61. The number of nitrogens with zero attached hydrogens (tertiary/aromatic N) is 1. The smallest absolute Gasteiger partial charge is 0.257 e. The Bertz CT molecular complexity index is 995. The molecule has 0 unspecified atom stereocenters. The van der Waals surface area contributed by atoms with Gasteiger partial charge in [-0.1, -0.05) is 29.3 Å². The maximum Gasteiger partial charge on any atom is 0.257 e. The van der Waals surface area contributed by atoms with Crippen LogP contribution >= 0.6 is 23.2 Å². The maximum atomic E-state index is 12.8. The average molecular weight is 377 g/mol. The number of ether oxygens (including phenoxy) is 1. The summed E-state index contributed by atoms with van der Waals surface area (Å²) in [6.07, 6.45) is 1.50. The van der Waals surface area contributed by atoms with Gasteiger partial charge in [-0.15, -0.1) is 0 Å². The van der Waals surface area contributed by atoms with Crippen molar-refractivity contribution < 1.29 is 14.3 Å². The van der Waals surface area contributed by atoms with Gasteiger partial charge in [0, 0.05) is 28.6 Å². The lowest BCUT2D eigenvalue weighted by Crippen LogP contribution is -2.12. The van der Waals surface area contributed by atoms with Gasteiger partial charge in [-0.25, -0.2) is 0 Å². The molecule has 0 aliphatic carbocycles. The van der Waals surface area contributed by atoms with E-state index >= 15 is 0 Å². The van der Waals surface area contributed by atoms with Crippen LogP contribution in [0.15, 0.2) is 42.6 Å². The molecule has 1 aromatic heterocycles. The fraction of sp³-hybridized carbons (Fsp3) is 0.111. The molecular formula is C18H14Cl2N2O3. The fourth-order valence-corrected chi connectivity index (χ4v) is 2.95. The van der Waals surface area contributed by atoms with Crippen LogP contribution in [-0.2, 0) is 0 Å². The summed E-state index contributed by atoms with van der Waals surface area (Å²) in [4.78, 5) is 24.6. The summed E-state index contributed by atoms with van der Waals surface area (Å²) < 4.78 is 6.63. The van der Waals surface area contributed by atoms with Crippen molar-refractivity contribution in [1.29, 1.82) is 0 Å². The normalized spacial score (nSPS) is 10.7. The van der Waals surface area contributed by atoms with Crippen molar-refractivity contribution in [2.75, 3.05) is 12.4 Å². The van der Waals surface area contributed by atoms with E-state index in [1.807, 2.05) is 0 Å². The molecule has 0 saturated carbocycles. The number of carbonyl (C=O) groups excluding carboxylic acids is 2. The van der Waals surface area contributed by atoms with Gasteiger partial charge < -0.3 is 10.1 Å². The van der Waals surface area contributed by atoms with Gasteiger partial charge in [0.25, 0.3) is 5.91 Å². The van der Waals surface area contributed by atoms with Crippen LogP contribution in [0.2, 0.25) is 10.0 Å². The molecule has 0 radical (unpaired) electrons. The molecule has 5 nitrogen and oxygen atoms in total. The van der Waals surface area contributed by atoms with Gasteiger partial charge in [0.1, 0.15) is 5.75 Å². The van der Waals surface area contributed by atoms with Crippen molar-refractivity contribution in [3.8, 4) is 5.75 Å². The van der Waals surface area contributed by atoms with E-state index in [4.69, 9.17) is 27.9 Å². The van der Waals surface area contributed by atoms with Crippen molar-refractivity contribution in [1.82, 2.24) is 4.57 Å². The number of carbonyl (C=O) groups is 2. The molecule has 1 N–H and O–H groups in total. The lowest BCUT2D eigenvalue weighted by molar-refractivity contribution is 0.0941. The molecule has 128 valence electrons. The number of rotatable bonds is 3. The minimum Gasteiger partial charge on any atom is -0.495 e. The molecule has 0 spiro atoms. The number of fused-ring (bicyclic) bond motifs is 1. The zero-order chi connectivity index (χ0) is 18.1. The summed E-state index contributed by atoms with van der Waals surface area (Å²) >= 11 is 12.0. The predicted molar refractivity (Wildman–Crippen MR) is 99.2 cm³/mol. The highest BCUT2D eigenvalue weighted by molar-refractivity contribution is 6.32. The number of hydrogen-bond donors (Lipinski definition) is 1. The van der Waals surface area contributed by atoms with E-state index in [0.29, 0.717) is 37.9 Å². The van der Waals surface area contributed by atoms with Gasteiger partial charge in [0.2, 0.25) is 5.91 Å². The second kappa shape index (κ2) is 6.78. The van der Waals surface area contributed by atoms with Gasteiger partial charge >= 0.3 is 0 Å². The van der Waals surface area contributed by atoms with E-state index < -0.39 is 0 Å². The largest absolute Gasteiger partial charge is 0.495 e. The number of methoxy groups -OCH3 is 1. The van der Waals surface area contributed by atoms with Crippen LogP contribution in [0.3, 0.4) is 0 Å². The molecule has 3 rings (SSSR count). The zero-order valence-corrected chi connectivity index (χ0v) is 15.0. The lowest BCUT2D eigenvalue weighted by Gasteiger charge is -2.10. The lowest BCUT2D eigenvalue weighted by atomic mass is 10.1. The summed E-state index contributed by atoms with van der Waals surface area (Å²) in [5.41, 5.74) is 1.37. The Balaban J connectivity index is 2.06. The molecule has 25 heavy (non-hydrogen) atoms. The highest BCUT2D eigenvalue weighted by Gasteiger charge is 2.18. The Hall–Kier alpha value is -2.50. The first-order valence-corrected chi connectivity index (χ1v) is 8.12. The monoisotopic (exact) mass is 376 g/mol. The summed E-state index contributed by atoms with van der Waals surface area (Å²) in [7, 11) is 1.50. The van der Waals surface area contributed by atoms with E-state index in [2.05, 4.69) is 5.32 Å². The molecule has 0 aliphatic rings. The number of nitrogens with one attached hydrogen (secondary N) is 1. The van der Waals surface area contributed by atoms with E-state index in [9.17, 15) is 9.59 Å². The van der Waals surface area contributed by atoms with Gasteiger partial charge in [0.15, 0.2) is 0 Å². The minimum absolute atomic E-state index is 0.216. The van der Waals surface area contributed by atoms with Crippen molar-refractivity contribution in [2.45, 2.75) is 6.92 Å². The van der Waals surface area contributed by atoms with E-state index in [1.165, 1.54) is 24.8 Å². The molecule has 3 aromatic rings. The van der Waals surface area contributed by atoms with E-state index in [0.717, 1.165) is 0 Å². The molecular weight excluding hydrogens is 363 g/mol. The summed E-state index contributed by atoms with van der Waals surface area (Å²) in [6, 6.07) is 9.96. The van der Waals surface area contributed by atoms with Crippen molar-refractivity contribution in [2.24, 2.45) is 0 Å². The van der Waals surface area contributed by atoms with Crippen LogP contribution in [0.1, 0.15) is 22.1 Å². The van der Waals surface area contributed by atoms with Gasteiger partial charge in [-0.2, -0.15) is 0 Å². The molecule has 0 atom stereocenters. The SMILES string of the molecule is COc1ccc(Cl)cc1NC(=O)c1cn(C(C)=O)c2cc(Cl)ccc12. The molecule has 0 saturated heterocycles. The van der Waals surface area contributed by atoms with Crippen LogP contribution < -0.4 is 10.1 Å². The Morgan fingerprint density at radius 2 is 1.76 bits per heavy atom.